The summed E-state index contributed by atoms with van der Waals surface area (Å²) in [7, 11) is 1.24. The van der Waals surface area contributed by atoms with Gasteiger partial charge in [0, 0.05) is 0 Å². The number of cyclic esters (lactones) is 1. The first-order chi connectivity index (χ1) is 15.5. The largest absolute Gasteiger partial charge is 0.467 e. The minimum atomic E-state index is -1.25. The third-order valence-corrected chi connectivity index (χ3v) is 6.31. The summed E-state index contributed by atoms with van der Waals surface area (Å²) in [5.41, 5.74) is 3.19. The van der Waals surface area contributed by atoms with Crippen molar-refractivity contribution in [3.8, 4) is 11.1 Å². The Labute approximate surface area is 185 Å². The van der Waals surface area contributed by atoms with Crippen LogP contribution in [0.25, 0.3) is 11.1 Å². The number of esters is 1. The third-order valence-electron chi connectivity index (χ3n) is 6.31. The summed E-state index contributed by atoms with van der Waals surface area (Å²) < 4.78 is 10.5. The molecule has 1 fully saturated rings. The van der Waals surface area contributed by atoms with Crippen LogP contribution in [-0.4, -0.2) is 42.0 Å². The molecule has 0 saturated carbocycles. The average molecular weight is 427 g/mol. The van der Waals surface area contributed by atoms with Gasteiger partial charge in [-0.1, -0.05) is 78.9 Å². The van der Waals surface area contributed by atoms with E-state index < -0.39 is 35.5 Å². The molecular formula is C26H21NO5. The standard InChI is InChI=1S/C26H21NO5/c1-16(28)23-22(24(29)31-2)27(25(30)32-23)26(17-10-4-3-5-11-17)20-14-8-6-12-18(20)19-13-7-9-15-21(19)26/h3-15,22-23H,1-2H3/t22-,23+/m0/s1. The molecule has 32 heavy (non-hydrogen) atoms. The lowest BCUT2D eigenvalue weighted by Gasteiger charge is -2.42. The highest BCUT2D eigenvalue weighted by atomic mass is 16.6. The molecule has 1 amide bonds. The van der Waals surface area contributed by atoms with Gasteiger partial charge in [0.1, 0.15) is 5.54 Å². The minimum Gasteiger partial charge on any atom is -0.467 e. The van der Waals surface area contributed by atoms with E-state index in [1.54, 1.807) is 0 Å². The first-order valence-electron chi connectivity index (χ1n) is 10.3. The molecule has 0 aromatic heterocycles. The molecule has 3 aromatic carbocycles. The van der Waals surface area contributed by atoms with Crippen LogP contribution in [0, 0.1) is 0 Å². The van der Waals surface area contributed by atoms with Crippen LogP contribution in [0.15, 0.2) is 78.9 Å². The molecule has 0 radical (unpaired) electrons. The maximum absolute atomic E-state index is 13.4. The van der Waals surface area contributed by atoms with Crippen molar-refractivity contribution in [2.24, 2.45) is 0 Å². The van der Waals surface area contributed by atoms with Gasteiger partial charge in [-0.05, 0) is 34.7 Å². The summed E-state index contributed by atoms with van der Waals surface area (Å²) in [6, 6.07) is 23.8. The second kappa shape index (κ2) is 7.34. The van der Waals surface area contributed by atoms with Crippen LogP contribution in [0.5, 0.6) is 0 Å². The van der Waals surface area contributed by atoms with Gasteiger partial charge >= 0.3 is 12.1 Å². The molecule has 0 N–H and O–H groups in total. The quantitative estimate of drug-likeness (QED) is 0.591. The number of hydrogen-bond acceptors (Lipinski definition) is 5. The summed E-state index contributed by atoms with van der Waals surface area (Å²) in [6.07, 6.45) is -1.99. The summed E-state index contributed by atoms with van der Waals surface area (Å²) in [5, 5.41) is 0. The summed E-state index contributed by atoms with van der Waals surface area (Å²) in [6.45, 7) is 1.31. The molecular weight excluding hydrogens is 406 g/mol. The highest BCUT2D eigenvalue weighted by Gasteiger charge is 2.61. The van der Waals surface area contributed by atoms with E-state index in [0.717, 1.165) is 27.8 Å². The molecule has 2 aliphatic rings. The summed E-state index contributed by atoms with van der Waals surface area (Å²) >= 11 is 0. The van der Waals surface area contributed by atoms with E-state index in [0.29, 0.717) is 0 Å². The third kappa shape index (κ3) is 2.56. The zero-order chi connectivity index (χ0) is 22.5. The SMILES string of the molecule is COC(=O)[C@@H]1[C@@H](C(C)=O)OC(=O)N1C1(c2ccccc2)c2ccccc2-c2ccccc21. The first kappa shape index (κ1) is 20.0. The molecule has 5 rings (SSSR count). The Hall–Kier alpha value is -3.93. The number of nitrogens with zero attached hydrogens (tertiary/aromatic N) is 1. The molecule has 0 spiro atoms. The smallest absolute Gasteiger partial charge is 0.412 e. The Bertz CT molecular complexity index is 1190. The van der Waals surface area contributed by atoms with E-state index in [4.69, 9.17) is 9.47 Å². The van der Waals surface area contributed by atoms with Crippen LogP contribution in [0.3, 0.4) is 0 Å². The van der Waals surface area contributed by atoms with Crippen molar-refractivity contribution in [3.63, 3.8) is 0 Å². The number of fused-ring (bicyclic) bond motifs is 3. The number of benzene rings is 3. The summed E-state index contributed by atoms with van der Waals surface area (Å²) in [5.74, 6) is -1.12. The van der Waals surface area contributed by atoms with E-state index in [1.807, 2.05) is 78.9 Å². The number of rotatable bonds is 4. The van der Waals surface area contributed by atoms with Crippen LogP contribution in [0.1, 0.15) is 23.6 Å². The van der Waals surface area contributed by atoms with Crippen molar-refractivity contribution < 1.29 is 23.9 Å². The van der Waals surface area contributed by atoms with E-state index in [-0.39, 0.29) is 0 Å². The highest BCUT2D eigenvalue weighted by molar-refractivity contribution is 5.97. The van der Waals surface area contributed by atoms with Crippen molar-refractivity contribution in [2.75, 3.05) is 7.11 Å². The van der Waals surface area contributed by atoms with E-state index in [2.05, 4.69) is 0 Å². The fourth-order valence-electron chi connectivity index (χ4n) is 5.08. The van der Waals surface area contributed by atoms with Gasteiger partial charge in [0.2, 0.25) is 0 Å². The number of ketones is 1. The van der Waals surface area contributed by atoms with E-state index in [1.165, 1.54) is 18.9 Å². The first-order valence-corrected chi connectivity index (χ1v) is 10.3. The van der Waals surface area contributed by atoms with Crippen molar-refractivity contribution in [1.82, 2.24) is 4.90 Å². The molecule has 1 heterocycles. The van der Waals surface area contributed by atoms with Crippen LogP contribution >= 0.6 is 0 Å². The van der Waals surface area contributed by atoms with E-state index >= 15 is 0 Å². The van der Waals surface area contributed by atoms with Crippen molar-refractivity contribution in [3.05, 3.63) is 95.6 Å². The highest BCUT2D eigenvalue weighted by Crippen LogP contribution is 2.56. The number of methoxy groups -OCH3 is 1. The lowest BCUT2D eigenvalue weighted by molar-refractivity contribution is -0.150. The van der Waals surface area contributed by atoms with Gasteiger partial charge in [-0.2, -0.15) is 0 Å². The Morgan fingerprint density at radius 1 is 0.875 bits per heavy atom. The maximum Gasteiger partial charge on any atom is 0.412 e. The van der Waals surface area contributed by atoms with Crippen molar-refractivity contribution in [2.45, 2.75) is 24.6 Å². The molecule has 1 saturated heterocycles. The topological polar surface area (TPSA) is 72.9 Å². The Morgan fingerprint density at radius 2 is 1.41 bits per heavy atom. The normalized spacial score (nSPS) is 20.3. The van der Waals surface area contributed by atoms with Gasteiger partial charge in [-0.25, -0.2) is 9.59 Å². The molecule has 0 bridgehead atoms. The average Bonchev–Trinajstić information content (AvgIpc) is 3.32. The maximum atomic E-state index is 13.4. The molecule has 3 aromatic rings. The number of carbonyl (C=O) groups excluding carboxylic acids is 3. The van der Waals surface area contributed by atoms with Gasteiger partial charge in [0.05, 0.1) is 7.11 Å². The van der Waals surface area contributed by atoms with Gasteiger partial charge < -0.3 is 9.47 Å². The zero-order valence-electron chi connectivity index (χ0n) is 17.6. The second-order valence-electron chi connectivity index (χ2n) is 7.92. The van der Waals surface area contributed by atoms with Gasteiger partial charge in [-0.3, -0.25) is 9.69 Å². The molecule has 6 nitrogen and oxygen atoms in total. The molecule has 0 unspecified atom stereocenters. The molecule has 160 valence electrons. The number of ether oxygens (including phenoxy) is 2. The van der Waals surface area contributed by atoms with Gasteiger partial charge in [0.25, 0.3) is 0 Å². The van der Waals surface area contributed by atoms with Crippen molar-refractivity contribution >= 4 is 17.8 Å². The molecule has 2 atom stereocenters. The Balaban J connectivity index is 1.90. The second-order valence-corrected chi connectivity index (χ2v) is 7.92. The number of carbonyl (C=O) groups is 3. The summed E-state index contributed by atoms with van der Waals surface area (Å²) in [4.78, 5) is 40.2. The number of Topliss-reactive ketones (excluding diaryl/α,β-unsaturated/α-hetero) is 1. The van der Waals surface area contributed by atoms with Gasteiger partial charge in [0.15, 0.2) is 17.9 Å². The number of amides is 1. The minimum absolute atomic E-state index is 0.418. The molecule has 1 aliphatic heterocycles. The fourth-order valence-corrected chi connectivity index (χ4v) is 5.08. The van der Waals surface area contributed by atoms with Gasteiger partial charge in [-0.15, -0.1) is 0 Å². The van der Waals surface area contributed by atoms with Crippen LogP contribution in [0.2, 0.25) is 0 Å². The predicted molar refractivity (Wildman–Crippen MR) is 117 cm³/mol. The van der Waals surface area contributed by atoms with Crippen LogP contribution < -0.4 is 0 Å². The lowest BCUT2D eigenvalue weighted by atomic mass is 9.78. The fraction of sp³-hybridized carbons (Fsp3) is 0.192. The zero-order valence-corrected chi connectivity index (χ0v) is 17.6. The van der Waals surface area contributed by atoms with E-state index in [9.17, 15) is 14.4 Å². The Kier molecular flexibility index (Phi) is 4.59. The molecule has 6 heteroatoms. The van der Waals surface area contributed by atoms with Crippen LogP contribution in [0.4, 0.5) is 4.79 Å². The molecule has 1 aliphatic carbocycles. The lowest BCUT2D eigenvalue weighted by Crippen LogP contribution is -2.56. The van der Waals surface area contributed by atoms with Crippen molar-refractivity contribution in [1.29, 1.82) is 0 Å². The predicted octanol–water partition coefficient (Wildman–Crippen LogP) is 3.91. The number of hydrogen-bond donors (Lipinski definition) is 0. The monoisotopic (exact) mass is 427 g/mol. The Morgan fingerprint density at radius 3 is 1.94 bits per heavy atom. The van der Waals surface area contributed by atoms with Crippen LogP contribution in [-0.2, 0) is 24.6 Å².